The van der Waals surface area contributed by atoms with Crippen molar-refractivity contribution in [3.63, 3.8) is 0 Å². The zero-order valence-electron chi connectivity index (χ0n) is 15.5. The first kappa shape index (κ1) is 19.0. The first-order valence-electron chi connectivity index (χ1n) is 9.14. The highest BCUT2D eigenvalue weighted by atomic mass is 19.1. The molecule has 2 aromatic rings. The van der Waals surface area contributed by atoms with E-state index in [0.717, 1.165) is 26.2 Å². The standard InChI is InChI=1S/C21H24FN3O2/c1-24-12-14-25(15-13-24)21(27)17-6-9-18(10-7-17)23-20(26)11-8-16-4-2-3-5-19(16)22/h2-7,9-10H,8,11-15H2,1H3,(H,23,26). The number of likely N-dealkylation sites (N-methyl/N-ethyl adjacent to an activating group) is 1. The van der Waals surface area contributed by atoms with Crippen molar-refractivity contribution in [1.82, 2.24) is 9.80 Å². The van der Waals surface area contributed by atoms with Crippen LogP contribution >= 0.6 is 0 Å². The van der Waals surface area contributed by atoms with E-state index in [9.17, 15) is 14.0 Å². The molecule has 27 heavy (non-hydrogen) atoms. The van der Waals surface area contributed by atoms with Crippen molar-refractivity contribution in [2.75, 3.05) is 38.5 Å². The number of carbonyl (C=O) groups is 2. The predicted octanol–water partition coefficient (Wildman–Crippen LogP) is 2.78. The maximum atomic E-state index is 13.6. The Morgan fingerprint density at radius 1 is 1.00 bits per heavy atom. The molecule has 0 unspecified atom stereocenters. The summed E-state index contributed by atoms with van der Waals surface area (Å²) in [5, 5.41) is 2.79. The number of aryl methyl sites for hydroxylation is 1. The minimum absolute atomic E-state index is 0.0144. The molecule has 0 aliphatic carbocycles. The number of nitrogens with one attached hydrogen (secondary N) is 1. The number of benzene rings is 2. The molecular formula is C21H24FN3O2. The molecule has 0 radical (unpaired) electrons. The Hall–Kier alpha value is -2.73. The van der Waals surface area contributed by atoms with E-state index in [1.54, 1.807) is 42.5 Å². The van der Waals surface area contributed by atoms with Crippen molar-refractivity contribution in [2.45, 2.75) is 12.8 Å². The maximum Gasteiger partial charge on any atom is 0.253 e. The SMILES string of the molecule is CN1CCN(C(=O)c2ccc(NC(=O)CCc3ccccc3F)cc2)CC1. The topological polar surface area (TPSA) is 52.6 Å². The number of hydrogen-bond donors (Lipinski definition) is 1. The third-order valence-corrected chi connectivity index (χ3v) is 4.79. The zero-order valence-corrected chi connectivity index (χ0v) is 15.5. The van der Waals surface area contributed by atoms with Crippen molar-refractivity contribution in [3.8, 4) is 0 Å². The van der Waals surface area contributed by atoms with Gasteiger partial charge in [0.1, 0.15) is 5.82 Å². The first-order valence-corrected chi connectivity index (χ1v) is 9.14. The molecule has 0 aromatic heterocycles. The molecule has 0 saturated carbocycles. The van der Waals surface area contributed by atoms with E-state index >= 15 is 0 Å². The van der Waals surface area contributed by atoms with Gasteiger partial charge in [0.15, 0.2) is 0 Å². The van der Waals surface area contributed by atoms with E-state index in [-0.39, 0.29) is 24.1 Å². The molecule has 1 aliphatic rings. The van der Waals surface area contributed by atoms with Crippen LogP contribution in [0.25, 0.3) is 0 Å². The number of nitrogens with zero attached hydrogens (tertiary/aromatic N) is 2. The highest BCUT2D eigenvalue weighted by Gasteiger charge is 2.20. The van der Waals surface area contributed by atoms with Gasteiger partial charge in [-0.1, -0.05) is 18.2 Å². The first-order chi connectivity index (χ1) is 13.0. The largest absolute Gasteiger partial charge is 0.336 e. The lowest BCUT2D eigenvalue weighted by molar-refractivity contribution is -0.116. The lowest BCUT2D eigenvalue weighted by Crippen LogP contribution is -2.47. The van der Waals surface area contributed by atoms with Crippen LogP contribution in [0.3, 0.4) is 0 Å². The lowest BCUT2D eigenvalue weighted by atomic mass is 10.1. The maximum absolute atomic E-state index is 13.6. The monoisotopic (exact) mass is 369 g/mol. The Morgan fingerprint density at radius 2 is 1.67 bits per heavy atom. The van der Waals surface area contributed by atoms with Gasteiger partial charge in [-0.15, -0.1) is 0 Å². The van der Waals surface area contributed by atoms with Crippen LogP contribution < -0.4 is 5.32 Å². The average Bonchev–Trinajstić information content (AvgIpc) is 2.68. The molecule has 0 bridgehead atoms. The Labute approximate surface area is 158 Å². The fourth-order valence-electron chi connectivity index (χ4n) is 3.06. The minimum atomic E-state index is -0.294. The summed E-state index contributed by atoms with van der Waals surface area (Å²) >= 11 is 0. The molecule has 1 N–H and O–H groups in total. The van der Waals surface area contributed by atoms with Crippen LogP contribution in [-0.4, -0.2) is 54.8 Å². The predicted molar refractivity (Wildman–Crippen MR) is 103 cm³/mol. The summed E-state index contributed by atoms with van der Waals surface area (Å²) in [7, 11) is 2.05. The zero-order chi connectivity index (χ0) is 19.2. The molecule has 3 rings (SSSR count). The molecule has 2 aromatic carbocycles. The number of hydrogen-bond acceptors (Lipinski definition) is 3. The molecule has 1 heterocycles. The number of halogens is 1. The number of piperazine rings is 1. The molecule has 142 valence electrons. The number of anilines is 1. The Morgan fingerprint density at radius 3 is 2.33 bits per heavy atom. The summed E-state index contributed by atoms with van der Waals surface area (Å²) in [6, 6.07) is 13.4. The average molecular weight is 369 g/mol. The highest BCUT2D eigenvalue weighted by molar-refractivity contribution is 5.96. The van der Waals surface area contributed by atoms with Gasteiger partial charge in [-0.05, 0) is 49.4 Å². The Kier molecular flexibility index (Phi) is 6.19. The summed E-state index contributed by atoms with van der Waals surface area (Å²) in [5.74, 6) is -0.464. The van der Waals surface area contributed by atoms with Crippen LogP contribution in [0.5, 0.6) is 0 Å². The van der Waals surface area contributed by atoms with Crippen LogP contribution in [0.1, 0.15) is 22.3 Å². The number of carbonyl (C=O) groups excluding carboxylic acids is 2. The molecule has 0 spiro atoms. The van der Waals surface area contributed by atoms with E-state index in [1.165, 1.54) is 6.07 Å². The van der Waals surface area contributed by atoms with Gasteiger partial charge in [-0.3, -0.25) is 9.59 Å². The van der Waals surface area contributed by atoms with Gasteiger partial charge in [0.25, 0.3) is 5.91 Å². The molecule has 1 saturated heterocycles. The number of rotatable bonds is 5. The molecule has 6 heteroatoms. The minimum Gasteiger partial charge on any atom is -0.336 e. The highest BCUT2D eigenvalue weighted by Crippen LogP contribution is 2.14. The van der Waals surface area contributed by atoms with Crippen molar-refractivity contribution in [2.24, 2.45) is 0 Å². The van der Waals surface area contributed by atoms with Crippen LogP contribution in [0.2, 0.25) is 0 Å². The summed E-state index contributed by atoms with van der Waals surface area (Å²) in [6.07, 6.45) is 0.543. The second-order valence-corrected chi connectivity index (χ2v) is 6.81. The molecule has 2 amide bonds. The molecule has 1 fully saturated rings. The van der Waals surface area contributed by atoms with Gasteiger partial charge in [0.05, 0.1) is 0 Å². The normalized spacial score (nSPS) is 14.8. The Bertz CT molecular complexity index is 799. The van der Waals surface area contributed by atoms with E-state index in [4.69, 9.17) is 0 Å². The van der Waals surface area contributed by atoms with Crippen molar-refractivity contribution in [3.05, 3.63) is 65.5 Å². The van der Waals surface area contributed by atoms with E-state index < -0.39 is 0 Å². The summed E-state index contributed by atoms with van der Waals surface area (Å²) in [6.45, 7) is 3.21. The van der Waals surface area contributed by atoms with Gasteiger partial charge in [0, 0.05) is 43.9 Å². The van der Waals surface area contributed by atoms with Gasteiger partial charge in [-0.25, -0.2) is 4.39 Å². The van der Waals surface area contributed by atoms with Gasteiger partial charge in [-0.2, -0.15) is 0 Å². The molecule has 1 aliphatic heterocycles. The van der Waals surface area contributed by atoms with Crippen LogP contribution in [0.15, 0.2) is 48.5 Å². The molecule has 5 nitrogen and oxygen atoms in total. The third kappa shape index (κ3) is 5.14. The fourth-order valence-corrected chi connectivity index (χ4v) is 3.06. The lowest BCUT2D eigenvalue weighted by Gasteiger charge is -2.32. The van der Waals surface area contributed by atoms with Crippen LogP contribution in [0.4, 0.5) is 10.1 Å². The van der Waals surface area contributed by atoms with Crippen LogP contribution in [-0.2, 0) is 11.2 Å². The summed E-state index contributed by atoms with van der Waals surface area (Å²) in [5.41, 5.74) is 1.77. The van der Waals surface area contributed by atoms with Gasteiger partial charge < -0.3 is 15.1 Å². The summed E-state index contributed by atoms with van der Waals surface area (Å²) in [4.78, 5) is 28.6. The second-order valence-electron chi connectivity index (χ2n) is 6.81. The summed E-state index contributed by atoms with van der Waals surface area (Å²) < 4.78 is 13.6. The van der Waals surface area contributed by atoms with Crippen LogP contribution in [0, 0.1) is 5.82 Å². The third-order valence-electron chi connectivity index (χ3n) is 4.79. The van der Waals surface area contributed by atoms with Crippen molar-refractivity contribution >= 4 is 17.5 Å². The fraction of sp³-hybridized carbons (Fsp3) is 0.333. The molecule has 0 atom stereocenters. The quantitative estimate of drug-likeness (QED) is 0.882. The van der Waals surface area contributed by atoms with E-state index in [1.807, 2.05) is 11.9 Å². The Balaban J connectivity index is 1.52. The van der Waals surface area contributed by atoms with Gasteiger partial charge in [0.2, 0.25) is 5.91 Å². The van der Waals surface area contributed by atoms with E-state index in [0.29, 0.717) is 23.2 Å². The second kappa shape index (κ2) is 8.77. The number of amides is 2. The van der Waals surface area contributed by atoms with Gasteiger partial charge >= 0.3 is 0 Å². The molecular weight excluding hydrogens is 345 g/mol. The van der Waals surface area contributed by atoms with Crippen molar-refractivity contribution in [1.29, 1.82) is 0 Å². The van der Waals surface area contributed by atoms with E-state index in [2.05, 4.69) is 10.2 Å². The smallest absolute Gasteiger partial charge is 0.253 e. The van der Waals surface area contributed by atoms with Crippen molar-refractivity contribution < 1.29 is 14.0 Å².